The molecule has 29 heavy (non-hydrogen) atoms. The van der Waals surface area contributed by atoms with Crippen molar-refractivity contribution in [1.82, 2.24) is 4.90 Å². The van der Waals surface area contributed by atoms with Gasteiger partial charge in [0.1, 0.15) is 23.7 Å². The Morgan fingerprint density at radius 3 is 2.48 bits per heavy atom. The lowest BCUT2D eigenvalue weighted by atomic mass is 10.1. The Bertz CT molecular complexity index is 1210. The molecule has 0 fully saturated rings. The minimum atomic E-state index is -0.0753. The second-order valence-corrected chi connectivity index (χ2v) is 7.30. The Labute approximate surface area is 169 Å². The normalized spacial score (nSPS) is 11.3. The molecule has 0 N–H and O–H groups in total. The number of rotatable bonds is 6. The molecule has 0 unspecified atom stereocenters. The first-order valence-electron chi connectivity index (χ1n) is 9.53. The smallest absolute Gasteiger partial charge is 0.200 e. The van der Waals surface area contributed by atoms with Crippen molar-refractivity contribution in [2.45, 2.75) is 6.92 Å². The first-order chi connectivity index (χ1) is 14.0. The summed E-state index contributed by atoms with van der Waals surface area (Å²) in [6.45, 7) is 3.21. The van der Waals surface area contributed by atoms with E-state index in [1.54, 1.807) is 18.2 Å². The minimum Gasteiger partial charge on any atom is -0.488 e. The maximum absolute atomic E-state index is 13.1. The molecule has 0 bridgehead atoms. The third-order valence-corrected chi connectivity index (χ3v) is 4.63. The van der Waals surface area contributed by atoms with E-state index in [9.17, 15) is 4.79 Å². The monoisotopic (exact) mass is 389 g/mol. The van der Waals surface area contributed by atoms with Gasteiger partial charge in [0, 0.05) is 12.6 Å². The van der Waals surface area contributed by atoms with Crippen LogP contribution in [0.15, 0.2) is 69.9 Å². The fraction of sp³-hybridized carbons (Fsp3) is 0.208. The molecule has 0 atom stereocenters. The number of ether oxygens (including phenoxy) is 2. The molecule has 4 aromatic rings. The second-order valence-electron chi connectivity index (χ2n) is 7.30. The number of para-hydroxylation sites is 1. The van der Waals surface area contributed by atoms with E-state index in [1.165, 1.54) is 0 Å². The van der Waals surface area contributed by atoms with E-state index >= 15 is 0 Å². The van der Waals surface area contributed by atoms with Crippen molar-refractivity contribution >= 4 is 21.9 Å². The van der Waals surface area contributed by atoms with Crippen LogP contribution in [-0.2, 0) is 0 Å². The van der Waals surface area contributed by atoms with Crippen molar-refractivity contribution in [1.29, 1.82) is 0 Å². The number of likely N-dealkylation sites (N-methyl/N-ethyl adjacent to an activating group) is 1. The summed E-state index contributed by atoms with van der Waals surface area (Å²) in [4.78, 5) is 15.1. The fourth-order valence-corrected chi connectivity index (χ4v) is 3.18. The van der Waals surface area contributed by atoms with Crippen LogP contribution in [0.2, 0.25) is 0 Å². The number of hydrogen-bond acceptors (Lipinski definition) is 5. The Morgan fingerprint density at radius 2 is 1.72 bits per heavy atom. The third kappa shape index (κ3) is 4.10. The van der Waals surface area contributed by atoms with Gasteiger partial charge in [0.2, 0.25) is 5.43 Å². The highest BCUT2D eigenvalue weighted by Crippen LogP contribution is 2.31. The number of nitrogens with zero attached hydrogens (tertiary/aromatic N) is 1. The summed E-state index contributed by atoms with van der Waals surface area (Å²) in [7, 11) is 3.97. The zero-order valence-corrected chi connectivity index (χ0v) is 16.8. The molecule has 1 heterocycles. The largest absolute Gasteiger partial charge is 0.488 e. The van der Waals surface area contributed by atoms with Crippen molar-refractivity contribution in [3.8, 4) is 17.2 Å². The fourth-order valence-electron chi connectivity index (χ4n) is 3.18. The average Bonchev–Trinajstić information content (AvgIpc) is 2.69. The van der Waals surface area contributed by atoms with Crippen LogP contribution in [0.4, 0.5) is 0 Å². The van der Waals surface area contributed by atoms with Gasteiger partial charge in [-0.1, -0.05) is 18.2 Å². The topological polar surface area (TPSA) is 51.9 Å². The molecular formula is C24H23NO4. The quantitative estimate of drug-likeness (QED) is 0.435. The van der Waals surface area contributed by atoms with Crippen molar-refractivity contribution in [3.05, 3.63) is 76.5 Å². The van der Waals surface area contributed by atoms with Gasteiger partial charge in [0.05, 0.1) is 10.8 Å². The molecule has 1 aromatic heterocycles. The zero-order chi connectivity index (χ0) is 20.4. The van der Waals surface area contributed by atoms with Crippen LogP contribution < -0.4 is 14.9 Å². The highest BCUT2D eigenvalue weighted by Gasteiger charge is 2.14. The van der Waals surface area contributed by atoms with Gasteiger partial charge in [0.15, 0.2) is 11.3 Å². The molecule has 0 aliphatic heterocycles. The van der Waals surface area contributed by atoms with Crippen LogP contribution in [0.25, 0.3) is 21.9 Å². The molecule has 0 aliphatic carbocycles. The van der Waals surface area contributed by atoms with Crippen LogP contribution in [0.5, 0.6) is 17.2 Å². The van der Waals surface area contributed by atoms with Gasteiger partial charge >= 0.3 is 0 Å². The Hall–Kier alpha value is -3.31. The maximum atomic E-state index is 13.1. The van der Waals surface area contributed by atoms with Crippen LogP contribution in [0, 0.1) is 6.92 Å². The molecule has 0 radical (unpaired) electrons. The molecule has 4 rings (SSSR count). The van der Waals surface area contributed by atoms with Crippen molar-refractivity contribution in [2.75, 3.05) is 27.2 Å². The lowest BCUT2D eigenvalue weighted by Crippen LogP contribution is -2.19. The van der Waals surface area contributed by atoms with Gasteiger partial charge in [-0.25, -0.2) is 0 Å². The summed E-state index contributed by atoms with van der Waals surface area (Å²) in [5.74, 6) is 1.90. The van der Waals surface area contributed by atoms with Crippen molar-refractivity contribution in [3.63, 3.8) is 0 Å². The van der Waals surface area contributed by atoms with E-state index in [4.69, 9.17) is 13.9 Å². The standard InChI is InChI=1S/C24H23NO4/c1-16-13-20-23(26)19-10-9-18(28-17-7-5-4-6-8-17)15-21(19)29-24(20)22(14-16)27-12-11-25(2)3/h4-10,13-15H,11-12H2,1-3H3. The summed E-state index contributed by atoms with van der Waals surface area (Å²) in [6.07, 6.45) is 0. The van der Waals surface area contributed by atoms with Crippen LogP contribution in [0.1, 0.15) is 5.56 Å². The average molecular weight is 389 g/mol. The van der Waals surface area contributed by atoms with Gasteiger partial charge in [-0.3, -0.25) is 4.79 Å². The van der Waals surface area contributed by atoms with Crippen molar-refractivity contribution < 1.29 is 13.9 Å². The predicted molar refractivity (Wildman–Crippen MR) is 115 cm³/mol. The molecular weight excluding hydrogens is 366 g/mol. The first-order valence-corrected chi connectivity index (χ1v) is 9.53. The lowest BCUT2D eigenvalue weighted by molar-refractivity contribution is 0.261. The Morgan fingerprint density at radius 1 is 0.931 bits per heavy atom. The summed E-state index contributed by atoms with van der Waals surface area (Å²) in [6, 6.07) is 18.5. The Kier molecular flexibility index (Phi) is 5.23. The first kappa shape index (κ1) is 19.0. The molecule has 3 aromatic carbocycles. The summed E-state index contributed by atoms with van der Waals surface area (Å²) >= 11 is 0. The lowest BCUT2D eigenvalue weighted by Gasteiger charge is -2.13. The molecule has 0 amide bonds. The number of benzene rings is 3. The summed E-state index contributed by atoms with van der Waals surface area (Å²) in [5.41, 5.74) is 1.81. The third-order valence-electron chi connectivity index (χ3n) is 4.63. The highest BCUT2D eigenvalue weighted by atomic mass is 16.5. The molecule has 5 nitrogen and oxygen atoms in total. The molecule has 5 heteroatoms. The van der Waals surface area contributed by atoms with Crippen LogP contribution in [-0.4, -0.2) is 32.1 Å². The molecule has 0 saturated carbocycles. The second kappa shape index (κ2) is 7.97. The maximum Gasteiger partial charge on any atom is 0.200 e. The van der Waals surface area contributed by atoms with E-state index in [-0.39, 0.29) is 5.43 Å². The number of fused-ring (bicyclic) bond motifs is 2. The molecule has 0 aliphatic rings. The van der Waals surface area contributed by atoms with E-state index in [1.807, 2.05) is 68.4 Å². The van der Waals surface area contributed by atoms with E-state index in [0.717, 1.165) is 17.9 Å². The van der Waals surface area contributed by atoms with E-state index in [0.29, 0.717) is 40.0 Å². The molecule has 148 valence electrons. The highest BCUT2D eigenvalue weighted by molar-refractivity contribution is 5.93. The molecule has 0 saturated heterocycles. The van der Waals surface area contributed by atoms with E-state index in [2.05, 4.69) is 0 Å². The number of aryl methyl sites for hydroxylation is 1. The summed E-state index contributed by atoms with van der Waals surface area (Å²) in [5, 5.41) is 1.04. The van der Waals surface area contributed by atoms with Crippen molar-refractivity contribution in [2.24, 2.45) is 0 Å². The number of hydrogen-bond donors (Lipinski definition) is 0. The van der Waals surface area contributed by atoms with Gasteiger partial charge < -0.3 is 18.8 Å². The molecule has 0 spiro atoms. The SMILES string of the molecule is Cc1cc(OCCN(C)C)c2oc3cc(Oc4ccccc4)ccc3c(=O)c2c1. The van der Waals surface area contributed by atoms with Gasteiger partial charge in [0.25, 0.3) is 0 Å². The van der Waals surface area contributed by atoms with Gasteiger partial charge in [-0.15, -0.1) is 0 Å². The Balaban J connectivity index is 1.79. The van der Waals surface area contributed by atoms with Gasteiger partial charge in [-0.05, 0) is 63.0 Å². The van der Waals surface area contributed by atoms with Crippen LogP contribution in [0.3, 0.4) is 0 Å². The van der Waals surface area contributed by atoms with Gasteiger partial charge in [-0.2, -0.15) is 0 Å². The zero-order valence-electron chi connectivity index (χ0n) is 16.8. The summed E-state index contributed by atoms with van der Waals surface area (Å²) < 4.78 is 17.9. The minimum absolute atomic E-state index is 0.0753. The van der Waals surface area contributed by atoms with Crippen LogP contribution >= 0.6 is 0 Å². The van der Waals surface area contributed by atoms with E-state index < -0.39 is 0 Å². The predicted octanol–water partition coefficient (Wildman–Crippen LogP) is 4.99.